The van der Waals surface area contributed by atoms with Crippen LogP contribution in [0.4, 0.5) is 0 Å². The second-order valence-electron chi connectivity index (χ2n) is 8.14. The zero-order chi connectivity index (χ0) is 18.6. The maximum atomic E-state index is 4.88. The molecule has 5 rings (SSSR count). The minimum atomic E-state index is 0.0179. The molecular weight excluding hydrogens is 328 g/mol. The number of hydrogen-bond acceptors (Lipinski definition) is 1. The monoisotopic (exact) mass is 350 g/mol. The summed E-state index contributed by atoms with van der Waals surface area (Å²) in [6, 6.07) is 27.9. The molecule has 2 aromatic heterocycles. The zero-order valence-corrected chi connectivity index (χ0v) is 15.9. The predicted octanol–water partition coefficient (Wildman–Crippen LogP) is 6.76. The molecule has 0 spiro atoms. The van der Waals surface area contributed by atoms with Gasteiger partial charge >= 0.3 is 0 Å². The topological polar surface area (TPSA) is 17.8 Å². The average molecular weight is 350 g/mol. The Morgan fingerprint density at radius 1 is 0.704 bits per heavy atom. The highest BCUT2D eigenvalue weighted by atomic mass is 15.0. The van der Waals surface area contributed by atoms with Gasteiger partial charge in [0.05, 0.1) is 11.2 Å². The van der Waals surface area contributed by atoms with E-state index in [2.05, 4.69) is 98.1 Å². The molecule has 0 bridgehead atoms. The number of hydrogen-bond donors (Lipinski definition) is 0. The van der Waals surface area contributed by atoms with Crippen LogP contribution >= 0.6 is 0 Å². The normalized spacial score (nSPS) is 12.3. The fourth-order valence-corrected chi connectivity index (χ4v) is 4.08. The highest BCUT2D eigenvalue weighted by Crippen LogP contribution is 2.36. The molecule has 3 aromatic carbocycles. The summed E-state index contributed by atoms with van der Waals surface area (Å²) in [6.45, 7) is 6.78. The van der Waals surface area contributed by atoms with Crippen molar-refractivity contribution in [2.24, 2.45) is 0 Å². The molecule has 0 unspecified atom stereocenters. The van der Waals surface area contributed by atoms with Gasteiger partial charge in [-0.05, 0) is 51.1 Å². The molecule has 0 saturated heterocycles. The first-order valence-corrected chi connectivity index (χ1v) is 9.42. The lowest BCUT2D eigenvalue weighted by Crippen LogP contribution is -2.21. The molecule has 0 amide bonds. The fourth-order valence-electron chi connectivity index (χ4n) is 4.08. The van der Waals surface area contributed by atoms with Crippen LogP contribution in [0.1, 0.15) is 20.8 Å². The van der Waals surface area contributed by atoms with E-state index in [1.165, 1.54) is 27.2 Å². The molecule has 0 aliphatic rings. The second-order valence-corrected chi connectivity index (χ2v) is 8.14. The van der Waals surface area contributed by atoms with Crippen LogP contribution in [0, 0.1) is 0 Å². The first-order chi connectivity index (χ1) is 13.0. The SMILES string of the molecule is CC(C)(C)n1c2ccccc2c2cc(-c3ccc4ccccc4n3)ccc21. The van der Waals surface area contributed by atoms with E-state index >= 15 is 0 Å². The van der Waals surface area contributed by atoms with E-state index in [0.29, 0.717) is 0 Å². The molecule has 2 heterocycles. The van der Waals surface area contributed by atoms with Crippen LogP contribution in [-0.4, -0.2) is 9.55 Å². The number of pyridine rings is 1. The summed E-state index contributed by atoms with van der Waals surface area (Å²) in [5, 5.41) is 3.75. The van der Waals surface area contributed by atoms with Crippen LogP contribution in [0.25, 0.3) is 44.0 Å². The van der Waals surface area contributed by atoms with Gasteiger partial charge < -0.3 is 4.57 Å². The lowest BCUT2D eigenvalue weighted by atomic mass is 10.1. The van der Waals surface area contributed by atoms with Crippen LogP contribution < -0.4 is 0 Å². The maximum absolute atomic E-state index is 4.88. The molecule has 0 aliphatic carbocycles. The summed E-state index contributed by atoms with van der Waals surface area (Å²) in [7, 11) is 0. The first kappa shape index (κ1) is 16.1. The van der Waals surface area contributed by atoms with Crippen LogP contribution in [-0.2, 0) is 5.54 Å². The summed E-state index contributed by atoms with van der Waals surface area (Å²) in [5.74, 6) is 0. The Balaban J connectivity index is 1.79. The van der Waals surface area contributed by atoms with Gasteiger partial charge in [-0.1, -0.05) is 48.5 Å². The maximum Gasteiger partial charge on any atom is 0.0709 e. The largest absolute Gasteiger partial charge is 0.335 e. The third kappa shape index (κ3) is 2.52. The number of benzene rings is 3. The van der Waals surface area contributed by atoms with E-state index in [9.17, 15) is 0 Å². The number of nitrogens with zero attached hydrogens (tertiary/aromatic N) is 2. The van der Waals surface area contributed by atoms with Crippen LogP contribution in [0.2, 0.25) is 0 Å². The molecule has 5 aromatic rings. The highest BCUT2D eigenvalue weighted by molar-refractivity contribution is 6.09. The van der Waals surface area contributed by atoms with Crippen molar-refractivity contribution in [3.8, 4) is 11.3 Å². The van der Waals surface area contributed by atoms with Crippen molar-refractivity contribution >= 4 is 32.7 Å². The molecule has 2 heteroatoms. The quantitative estimate of drug-likeness (QED) is 0.326. The standard InChI is InChI=1S/C25H22N2/c1-25(2,3)27-23-11-7-5-9-19(23)20-16-18(13-15-24(20)27)22-14-12-17-8-4-6-10-21(17)26-22/h4-16H,1-3H3. The van der Waals surface area contributed by atoms with Gasteiger partial charge in [0, 0.05) is 38.3 Å². The van der Waals surface area contributed by atoms with E-state index in [1.807, 2.05) is 6.07 Å². The Hall–Kier alpha value is -3.13. The Morgan fingerprint density at radius 2 is 1.44 bits per heavy atom. The van der Waals surface area contributed by atoms with Gasteiger partial charge in [0.25, 0.3) is 0 Å². The van der Waals surface area contributed by atoms with E-state index in [0.717, 1.165) is 16.8 Å². The van der Waals surface area contributed by atoms with E-state index in [1.54, 1.807) is 0 Å². The van der Waals surface area contributed by atoms with Gasteiger partial charge in [0.1, 0.15) is 0 Å². The van der Waals surface area contributed by atoms with Crippen molar-refractivity contribution in [3.63, 3.8) is 0 Å². The summed E-state index contributed by atoms with van der Waals surface area (Å²) in [6.07, 6.45) is 0. The van der Waals surface area contributed by atoms with Crippen LogP contribution in [0.3, 0.4) is 0 Å². The summed E-state index contributed by atoms with van der Waals surface area (Å²) < 4.78 is 2.44. The summed E-state index contributed by atoms with van der Waals surface area (Å²) in [4.78, 5) is 4.88. The van der Waals surface area contributed by atoms with Gasteiger partial charge in [-0.2, -0.15) is 0 Å². The molecule has 0 radical (unpaired) electrons. The van der Waals surface area contributed by atoms with Crippen molar-refractivity contribution < 1.29 is 0 Å². The lowest BCUT2D eigenvalue weighted by molar-refractivity contribution is 0.423. The van der Waals surface area contributed by atoms with E-state index < -0.39 is 0 Å². The molecule has 2 nitrogen and oxygen atoms in total. The smallest absolute Gasteiger partial charge is 0.0709 e. The Labute approximate surface area is 159 Å². The summed E-state index contributed by atoms with van der Waals surface area (Å²) >= 11 is 0. The lowest BCUT2D eigenvalue weighted by Gasteiger charge is -2.24. The van der Waals surface area contributed by atoms with Gasteiger partial charge in [-0.3, -0.25) is 0 Å². The second kappa shape index (κ2) is 5.68. The molecule has 132 valence electrons. The van der Waals surface area contributed by atoms with Crippen molar-refractivity contribution in [2.75, 3.05) is 0 Å². The molecule has 0 fully saturated rings. The molecule has 0 atom stereocenters. The molecule has 0 aliphatic heterocycles. The number of aromatic nitrogens is 2. The minimum Gasteiger partial charge on any atom is -0.335 e. The highest BCUT2D eigenvalue weighted by Gasteiger charge is 2.20. The first-order valence-electron chi connectivity index (χ1n) is 9.42. The average Bonchev–Trinajstić information content (AvgIpc) is 3.01. The number of rotatable bonds is 1. The third-order valence-electron chi connectivity index (χ3n) is 5.24. The molecule has 0 saturated carbocycles. The Morgan fingerprint density at radius 3 is 2.30 bits per heavy atom. The predicted molar refractivity (Wildman–Crippen MR) is 115 cm³/mol. The zero-order valence-electron chi connectivity index (χ0n) is 15.9. The van der Waals surface area contributed by atoms with Crippen LogP contribution in [0.15, 0.2) is 78.9 Å². The molecule has 0 N–H and O–H groups in total. The molecule has 27 heavy (non-hydrogen) atoms. The van der Waals surface area contributed by atoms with Crippen LogP contribution in [0.5, 0.6) is 0 Å². The van der Waals surface area contributed by atoms with Gasteiger partial charge in [-0.25, -0.2) is 4.98 Å². The number of fused-ring (bicyclic) bond motifs is 4. The van der Waals surface area contributed by atoms with Gasteiger partial charge in [-0.15, -0.1) is 0 Å². The van der Waals surface area contributed by atoms with Crippen molar-refractivity contribution in [1.82, 2.24) is 9.55 Å². The van der Waals surface area contributed by atoms with E-state index in [4.69, 9.17) is 4.98 Å². The van der Waals surface area contributed by atoms with Gasteiger partial charge in [0.2, 0.25) is 0 Å². The fraction of sp³-hybridized carbons (Fsp3) is 0.160. The van der Waals surface area contributed by atoms with Gasteiger partial charge in [0.15, 0.2) is 0 Å². The molecular formula is C25H22N2. The van der Waals surface area contributed by atoms with E-state index in [-0.39, 0.29) is 5.54 Å². The Bertz CT molecular complexity index is 1300. The van der Waals surface area contributed by atoms with Crippen molar-refractivity contribution in [2.45, 2.75) is 26.3 Å². The minimum absolute atomic E-state index is 0.0179. The summed E-state index contributed by atoms with van der Waals surface area (Å²) in [5.41, 5.74) is 5.78. The third-order valence-corrected chi connectivity index (χ3v) is 5.24. The number of para-hydroxylation sites is 2. The Kier molecular flexibility index (Phi) is 3.38. The van der Waals surface area contributed by atoms with Crippen molar-refractivity contribution in [1.29, 1.82) is 0 Å². The van der Waals surface area contributed by atoms with Crippen molar-refractivity contribution in [3.05, 3.63) is 78.9 Å².